The van der Waals surface area contributed by atoms with E-state index in [9.17, 15) is 9.59 Å². The van der Waals surface area contributed by atoms with Gasteiger partial charge in [0.25, 0.3) is 11.8 Å². The van der Waals surface area contributed by atoms with E-state index in [0.29, 0.717) is 34.7 Å². The maximum absolute atomic E-state index is 12.6. The fourth-order valence-electron chi connectivity index (χ4n) is 2.95. The lowest BCUT2D eigenvalue weighted by molar-refractivity contribution is 0.0636. The van der Waals surface area contributed by atoms with E-state index in [1.54, 1.807) is 18.2 Å². The molecule has 4 rings (SSSR count). The van der Waals surface area contributed by atoms with Gasteiger partial charge < -0.3 is 4.42 Å². The summed E-state index contributed by atoms with van der Waals surface area (Å²) < 4.78 is 5.75. The van der Waals surface area contributed by atoms with Gasteiger partial charge >= 0.3 is 0 Å². The molecule has 2 heterocycles. The lowest BCUT2D eigenvalue weighted by atomic mass is 10.1. The van der Waals surface area contributed by atoms with Crippen molar-refractivity contribution in [1.29, 1.82) is 0 Å². The molecule has 0 saturated heterocycles. The minimum absolute atomic E-state index is 0.226. The molecule has 0 spiro atoms. The highest BCUT2D eigenvalue weighted by atomic mass is 16.3. The first kappa shape index (κ1) is 14.6. The van der Waals surface area contributed by atoms with E-state index >= 15 is 0 Å². The van der Waals surface area contributed by atoms with Crippen LogP contribution in [-0.4, -0.2) is 28.2 Å². The van der Waals surface area contributed by atoms with Gasteiger partial charge in [0.2, 0.25) is 5.89 Å². The van der Waals surface area contributed by atoms with E-state index in [0.717, 1.165) is 5.52 Å². The average molecular weight is 320 g/mol. The van der Waals surface area contributed by atoms with Gasteiger partial charge in [-0.25, -0.2) is 4.98 Å². The Kier molecular flexibility index (Phi) is 3.23. The highest BCUT2D eigenvalue weighted by molar-refractivity contribution is 6.21. The Balaban J connectivity index is 1.76. The summed E-state index contributed by atoms with van der Waals surface area (Å²) in [6, 6.07) is 12.6. The first-order valence-electron chi connectivity index (χ1n) is 7.91. The fraction of sp³-hybridized carbons (Fsp3) is 0.211. The minimum Gasteiger partial charge on any atom is -0.436 e. The zero-order chi connectivity index (χ0) is 16.8. The van der Waals surface area contributed by atoms with Crippen molar-refractivity contribution in [3.8, 4) is 11.5 Å². The standard InChI is InChI=1S/C19H16N2O3/c1-11(2)10-21-18(22)13-8-7-12(9-14(13)19(21)23)17-20-15-5-3-4-6-16(15)24-17/h3-9,11H,10H2,1-2H3. The minimum atomic E-state index is -0.248. The molecule has 0 atom stereocenters. The van der Waals surface area contributed by atoms with Crippen LogP contribution in [0.25, 0.3) is 22.6 Å². The summed E-state index contributed by atoms with van der Waals surface area (Å²) in [6.45, 7) is 4.38. The monoisotopic (exact) mass is 320 g/mol. The molecule has 2 amide bonds. The number of carbonyl (C=O) groups is 2. The summed E-state index contributed by atoms with van der Waals surface area (Å²) in [5, 5.41) is 0. The second-order valence-corrected chi connectivity index (χ2v) is 6.36. The molecule has 1 aliphatic rings. The lowest BCUT2D eigenvalue weighted by Crippen LogP contribution is -2.33. The molecule has 0 aliphatic carbocycles. The first-order chi connectivity index (χ1) is 11.5. The SMILES string of the molecule is CC(C)CN1C(=O)c2ccc(-c3nc4ccccc4o3)cc2C1=O. The molecule has 5 heteroatoms. The van der Waals surface area contributed by atoms with Crippen LogP contribution in [0.1, 0.15) is 34.6 Å². The molecule has 0 radical (unpaired) electrons. The molecule has 0 unspecified atom stereocenters. The summed E-state index contributed by atoms with van der Waals surface area (Å²) in [6.07, 6.45) is 0. The highest BCUT2D eigenvalue weighted by Gasteiger charge is 2.36. The van der Waals surface area contributed by atoms with Gasteiger partial charge in [-0.2, -0.15) is 0 Å². The molecule has 0 bridgehead atoms. The number of hydrogen-bond donors (Lipinski definition) is 0. The molecule has 24 heavy (non-hydrogen) atoms. The number of amides is 2. The summed E-state index contributed by atoms with van der Waals surface area (Å²) in [7, 11) is 0. The van der Waals surface area contributed by atoms with Crippen LogP contribution in [0.2, 0.25) is 0 Å². The number of aromatic nitrogens is 1. The van der Waals surface area contributed by atoms with Gasteiger partial charge in [-0.05, 0) is 36.2 Å². The van der Waals surface area contributed by atoms with Crippen LogP contribution in [0.3, 0.4) is 0 Å². The van der Waals surface area contributed by atoms with Crippen LogP contribution >= 0.6 is 0 Å². The maximum Gasteiger partial charge on any atom is 0.261 e. The van der Waals surface area contributed by atoms with Crippen LogP contribution in [0.4, 0.5) is 0 Å². The molecule has 1 aliphatic heterocycles. The lowest BCUT2D eigenvalue weighted by Gasteiger charge is -2.15. The number of oxazole rings is 1. The van der Waals surface area contributed by atoms with Crippen molar-refractivity contribution in [2.75, 3.05) is 6.54 Å². The van der Waals surface area contributed by atoms with E-state index in [1.807, 2.05) is 38.1 Å². The number of benzene rings is 2. The molecule has 0 fully saturated rings. The number of imide groups is 1. The Morgan fingerprint density at radius 3 is 2.54 bits per heavy atom. The summed E-state index contributed by atoms with van der Waals surface area (Å²) in [4.78, 5) is 30.7. The van der Waals surface area contributed by atoms with Crippen LogP contribution in [0.5, 0.6) is 0 Å². The predicted molar refractivity (Wildman–Crippen MR) is 89.7 cm³/mol. The van der Waals surface area contributed by atoms with Crippen molar-refractivity contribution in [2.24, 2.45) is 5.92 Å². The van der Waals surface area contributed by atoms with Crippen LogP contribution in [-0.2, 0) is 0 Å². The Labute approximate surface area is 138 Å². The van der Waals surface area contributed by atoms with E-state index in [2.05, 4.69) is 4.98 Å². The largest absolute Gasteiger partial charge is 0.436 e. The second kappa shape index (κ2) is 5.30. The number of fused-ring (bicyclic) bond motifs is 2. The molecule has 1 aromatic heterocycles. The number of hydrogen-bond acceptors (Lipinski definition) is 4. The summed E-state index contributed by atoms with van der Waals surface area (Å²) in [5.74, 6) is 0.194. The van der Waals surface area contributed by atoms with Gasteiger partial charge in [-0.3, -0.25) is 14.5 Å². The predicted octanol–water partition coefficient (Wildman–Crippen LogP) is 3.75. The van der Waals surface area contributed by atoms with Crippen molar-refractivity contribution in [2.45, 2.75) is 13.8 Å². The van der Waals surface area contributed by atoms with E-state index < -0.39 is 0 Å². The number of carbonyl (C=O) groups excluding carboxylic acids is 2. The third-order valence-electron chi connectivity index (χ3n) is 4.06. The van der Waals surface area contributed by atoms with Crippen molar-refractivity contribution in [3.05, 3.63) is 53.6 Å². The third kappa shape index (κ3) is 2.21. The average Bonchev–Trinajstić information content (AvgIpc) is 3.10. The third-order valence-corrected chi connectivity index (χ3v) is 4.06. The molecule has 0 saturated carbocycles. The molecule has 2 aromatic carbocycles. The number of para-hydroxylation sites is 2. The maximum atomic E-state index is 12.6. The zero-order valence-corrected chi connectivity index (χ0v) is 13.4. The zero-order valence-electron chi connectivity index (χ0n) is 13.4. The van der Waals surface area contributed by atoms with Gasteiger partial charge in [0.1, 0.15) is 5.52 Å². The van der Waals surface area contributed by atoms with Crippen LogP contribution in [0, 0.1) is 5.92 Å². The van der Waals surface area contributed by atoms with Crippen molar-refractivity contribution < 1.29 is 14.0 Å². The van der Waals surface area contributed by atoms with Crippen LogP contribution in [0.15, 0.2) is 46.9 Å². The van der Waals surface area contributed by atoms with Crippen molar-refractivity contribution in [1.82, 2.24) is 9.88 Å². The van der Waals surface area contributed by atoms with Crippen LogP contribution < -0.4 is 0 Å². The molecule has 120 valence electrons. The second-order valence-electron chi connectivity index (χ2n) is 6.36. The Morgan fingerprint density at radius 2 is 1.79 bits per heavy atom. The quantitative estimate of drug-likeness (QED) is 0.690. The van der Waals surface area contributed by atoms with E-state index in [1.165, 1.54) is 4.90 Å². The Bertz CT molecular complexity index is 939. The molecular weight excluding hydrogens is 304 g/mol. The van der Waals surface area contributed by atoms with E-state index in [-0.39, 0.29) is 17.7 Å². The first-order valence-corrected chi connectivity index (χ1v) is 7.91. The molecular formula is C19H16N2O3. The van der Waals surface area contributed by atoms with Crippen molar-refractivity contribution >= 4 is 22.9 Å². The Morgan fingerprint density at radius 1 is 1.04 bits per heavy atom. The van der Waals surface area contributed by atoms with Gasteiger partial charge in [-0.15, -0.1) is 0 Å². The fourth-order valence-corrected chi connectivity index (χ4v) is 2.95. The van der Waals surface area contributed by atoms with Gasteiger partial charge in [0, 0.05) is 12.1 Å². The number of nitrogens with zero attached hydrogens (tertiary/aromatic N) is 2. The number of rotatable bonds is 3. The summed E-state index contributed by atoms with van der Waals surface area (Å²) in [5.41, 5.74) is 3.01. The van der Waals surface area contributed by atoms with Gasteiger partial charge in [0.05, 0.1) is 11.1 Å². The Hall–Kier alpha value is -2.95. The molecule has 5 nitrogen and oxygen atoms in total. The summed E-state index contributed by atoms with van der Waals surface area (Å²) >= 11 is 0. The smallest absolute Gasteiger partial charge is 0.261 e. The highest BCUT2D eigenvalue weighted by Crippen LogP contribution is 2.30. The topological polar surface area (TPSA) is 63.4 Å². The van der Waals surface area contributed by atoms with Gasteiger partial charge in [-0.1, -0.05) is 26.0 Å². The molecule has 3 aromatic rings. The van der Waals surface area contributed by atoms with Gasteiger partial charge in [0.15, 0.2) is 5.58 Å². The van der Waals surface area contributed by atoms with Crippen molar-refractivity contribution in [3.63, 3.8) is 0 Å². The molecule has 0 N–H and O–H groups in total. The normalized spacial score (nSPS) is 14.0. The van der Waals surface area contributed by atoms with E-state index in [4.69, 9.17) is 4.42 Å².